The molecule has 19 heavy (non-hydrogen) atoms. The van der Waals surface area contributed by atoms with Gasteiger partial charge in [-0.1, -0.05) is 12.1 Å². The van der Waals surface area contributed by atoms with Crippen LogP contribution in [0.25, 0.3) is 0 Å². The molecule has 0 bridgehead atoms. The van der Waals surface area contributed by atoms with E-state index in [0.29, 0.717) is 18.5 Å². The molecule has 5 heteroatoms. The van der Waals surface area contributed by atoms with Crippen LogP contribution in [0.4, 0.5) is 4.39 Å². The van der Waals surface area contributed by atoms with E-state index in [0.717, 1.165) is 0 Å². The van der Waals surface area contributed by atoms with Gasteiger partial charge in [-0.2, -0.15) is 0 Å². The third-order valence-electron chi connectivity index (χ3n) is 3.44. The van der Waals surface area contributed by atoms with Gasteiger partial charge in [-0.3, -0.25) is 4.79 Å². The molecule has 0 aliphatic carbocycles. The quantitative estimate of drug-likeness (QED) is 0.874. The van der Waals surface area contributed by atoms with Crippen molar-refractivity contribution < 1.29 is 18.7 Å². The highest BCUT2D eigenvalue weighted by molar-refractivity contribution is 5.86. The summed E-state index contributed by atoms with van der Waals surface area (Å²) >= 11 is 0. The molecule has 0 radical (unpaired) electrons. The van der Waals surface area contributed by atoms with E-state index in [1.54, 1.807) is 19.2 Å². The molecule has 0 spiro atoms. The first-order valence-electron chi connectivity index (χ1n) is 6.26. The summed E-state index contributed by atoms with van der Waals surface area (Å²) in [6, 6.07) is 4.58. The molecule has 0 saturated carbocycles. The number of hydrogen-bond acceptors (Lipinski definition) is 4. The Balaban J connectivity index is 2.03. The average molecular weight is 267 g/mol. The molecule has 1 N–H and O–H groups in total. The van der Waals surface area contributed by atoms with E-state index in [1.807, 2.05) is 0 Å². The molecule has 0 aromatic heterocycles. The summed E-state index contributed by atoms with van der Waals surface area (Å²) in [5, 5.41) is 3.10. The number of carbonyl (C=O) groups is 1. The van der Waals surface area contributed by atoms with Crippen LogP contribution in [0.15, 0.2) is 18.2 Å². The van der Waals surface area contributed by atoms with E-state index in [4.69, 9.17) is 9.47 Å². The SMILES string of the molecule is COc1cccc(CC(=O)C2CC(OC)CN2)c1F. The first kappa shape index (κ1) is 14.0. The van der Waals surface area contributed by atoms with E-state index in [-0.39, 0.29) is 30.1 Å². The predicted octanol–water partition coefficient (Wildman–Crippen LogP) is 1.32. The topological polar surface area (TPSA) is 47.6 Å². The zero-order chi connectivity index (χ0) is 13.8. The maximum Gasteiger partial charge on any atom is 0.168 e. The van der Waals surface area contributed by atoms with E-state index >= 15 is 0 Å². The van der Waals surface area contributed by atoms with Gasteiger partial charge in [0.15, 0.2) is 17.3 Å². The number of ether oxygens (including phenoxy) is 2. The van der Waals surface area contributed by atoms with Gasteiger partial charge >= 0.3 is 0 Å². The van der Waals surface area contributed by atoms with Crippen molar-refractivity contribution in [2.24, 2.45) is 0 Å². The van der Waals surface area contributed by atoms with Crippen LogP contribution in [0.2, 0.25) is 0 Å². The molecule has 2 rings (SSSR count). The standard InChI is InChI=1S/C14H18FNO3/c1-18-10-7-11(16-8-10)12(17)6-9-4-3-5-13(19-2)14(9)15/h3-5,10-11,16H,6-8H2,1-2H3. The van der Waals surface area contributed by atoms with E-state index in [2.05, 4.69) is 5.32 Å². The van der Waals surface area contributed by atoms with Crippen LogP contribution < -0.4 is 10.1 Å². The van der Waals surface area contributed by atoms with Crippen molar-refractivity contribution in [3.05, 3.63) is 29.6 Å². The molecule has 0 amide bonds. The molecule has 4 nitrogen and oxygen atoms in total. The molecule has 1 aromatic carbocycles. The first-order valence-corrected chi connectivity index (χ1v) is 6.26. The van der Waals surface area contributed by atoms with Gasteiger partial charge in [0.05, 0.1) is 19.3 Å². The van der Waals surface area contributed by atoms with Gasteiger partial charge in [0, 0.05) is 20.1 Å². The summed E-state index contributed by atoms with van der Waals surface area (Å²) in [7, 11) is 3.03. The van der Waals surface area contributed by atoms with E-state index in [1.165, 1.54) is 13.2 Å². The fraction of sp³-hybridized carbons (Fsp3) is 0.500. The number of benzene rings is 1. The van der Waals surface area contributed by atoms with Crippen molar-refractivity contribution in [3.8, 4) is 5.75 Å². The summed E-state index contributed by atoms with van der Waals surface area (Å²) < 4.78 is 24.0. The number of carbonyl (C=O) groups excluding carboxylic acids is 1. The molecule has 1 saturated heterocycles. The van der Waals surface area contributed by atoms with Crippen LogP contribution in [0.3, 0.4) is 0 Å². The molecule has 2 unspecified atom stereocenters. The van der Waals surface area contributed by atoms with Crippen molar-refractivity contribution in [2.75, 3.05) is 20.8 Å². The highest BCUT2D eigenvalue weighted by atomic mass is 19.1. The summed E-state index contributed by atoms with van der Waals surface area (Å²) in [5.74, 6) is -0.314. The highest BCUT2D eigenvalue weighted by Gasteiger charge is 2.29. The number of methoxy groups -OCH3 is 2. The second-order valence-corrected chi connectivity index (χ2v) is 4.63. The Bertz CT molecular complexity index is 464. The Morgan fingerprint density at radius 1 is 1.47 bits per heavy atom. The molecule has 1 fully saturated rings. The summed E-state index contributed by atoms with van der Waals surface area (Å²) in [6.45, 7) is 0.660. The van der Waals surface area contributed by atoms with Crippen molar-refractivity contribution in [2.45, 2.75) is 25.0 Å². The number of halogens is 1. The molecule has 1 aromatic rings. The number of Topliss-reactive ketones (excluding diaryl/α,β-unsaturated/α-hetero) is 1. The van der Waals surface area contributed by atoms with Crippen molar-refractivity contribution in [1.29, 1.82) is 0 Å². The molecule has 1 aliphatic rings. The molecule has 1 aliphatic heterocycles. The maximum absolute atomic E-state index is 13.9. The maximum atomic E-state index is 13.9. The molecule has 104 valence electrons. The third kappa shape index (κ3) is 3.11. The number of nitrogens with one attached hydrogen (secondary N) is 1. The Hall–Kier alpha value is -1.46. The Morgan fingerprint density at radius 3 is 2.89 bits per heavy atom. The lowest BCUT2D eigenvalue weighted by Crippen LogP contribution is -2.32. The van der Waals surface area contributed by atoms with Gasteiger partial charge in [-0.25, -0.2) is 4.39 Å². The largest absolute Gasteiger partial charge is 0.494 e. The summed E-state index contributed by atoms with van der Waals surface area (Å²) in [5.41, 5.74) is 0.368. The zero-order valence-corrected chi connectivity index (χ0v) is 11.1. The van der Waals surface area contributed by atoms with Crippen molar-refractivity contribution in [3.63, 3.8) is 0 Å². The van der Waals surface area contributed by atoms with Crippen LogP contribution in [0, 0.1) is 5.82 Å². The smallest absolute Gasteiger partial charge is 0.168 e. The number of hydrogen-bond donors (Lipinski definition) is 1. The van der Waals surface area contributed by atoms with Gasteiger partial charge in [0.25, 0.3) is 0 Å². The third-order valence-corrected chi connectivity index (χ3v) is 3.44. The van der Waals surface area contributed by atoms with Gasteiger partial charge < -0.3 is 14.8 Å². The van der Waals surface area contributed by atoms with Gasteiger partial charge in [0.1, 0.15) is 0 Å². The summed E-state index contributed by atoms with van der Waals surface area (Å²) in [6.07, 6.45) is 0.766. The first-order chi connectivity index (χ1) is 9.15. The number of rotatable bonds is 5. The lowest BCUT2D eigenvalue weighted by atomic mass is 10.0. The minimum absolute atomic E-state index is 0.0216. The van der Waals surface area contributed by atoms with Crippen molar-refractivity contribution in [1.82, 2.24) is 5.32 Å². The van der Waals surface area contributed by atoms with E-state index in [9.17, 15) is 9.18 Å². The van der Waals surface area contributed by atoms with Crippen LogP contribution in [0.1, 0.15) is 12.0 Å². The number of ketones is 1. The minimum atomic E-state index is -0.459. The molecular weight excluding hydrogens is 249 g/mol. The van der Waals surface area contributed by atoms with Gasteiger partial charge in [-0.05, 0) is 18.1 Å². The van der Waals surface area contributed by atoms with Crippen LogP contribution in [-0.4, -0.2) is 38.7 Å². The molecule has 2 atom stereocenters. The normalized spacial score (nSPS) is 22.5. The lowest BCUT2D eigenvalue weighted by molar-refractivity contribution is -0.120. The van der Waals surface area contributed by atoms with Gasteiger partial charge in [-0.15, -0.1) is 0 Å². The Morgan fingerprint density at radius 2 is 2.26 bits per heavy atom. The highest BCUT2D eigenvalue weighted by Crippen LogP contribution is 2.21. The fourth-order valence-electron chi connectivity index (χ4n) is 2.29. The predicted molar refractivity (Wildman–Crippen MR) is 68.9 cm³/mol. The van der Waals surface area contributed by atoms with Crippen LogP contribution in [0.5, 0.6) is 5.75 Å². The lowest BCUT2D eigenvalue weighted by Gasteiger charge is -2.11. The van der Waals surface area contributed by atoms with E-state index < -0.39 is 5.82 Å². The second-order valence-electron chi connectivity index (χ2n) is 4.63. The van der Waals surface area contributed by atoms with Crippen molar-refractivity contribution >= 4 is 5.78 Å². The second kappa shape index (κ2) is 6.12. The molecule has 1 heterocycles. The Labute approximate surface area is 111 Å². The monoisotopic (exact) mass is 267 g/mol. The van der Waals surface area contributed by atoms with Crippen LogP contribution in [-0.2, 0) is 16.0 Å². The van der Waals surface area contributed by atoms with Gasteiger partial charge in [0.2, 0.25) is 0 Å². The molecular formula is C14H18FNO3. The summed E-state index contributed by atoms with van der Waals surface area (Å²) in [4.78, 5) is 12.1. The Kier molecular flexibility index (Phi) is 4.50. The van der Waals surface area contributed by atoms with Crippen LogP contribution >= 0.6 is 0 Å². The minimum Gasteiger partial charge on any atom is -0.494 e. The fourth-order valence-corrected chi connectivity index (χ4v) is 2.29. The average Bonchev–Trinajstić information content (AvgIpc) is 2.90. The zero-order valence-electron chi connectivity index (χ0n) is 11.1.